The average Bonchev–Trinajstić information content (AvgIpc) is 2.58. The van der Waals surface area contributed by atoms with Gasteiger partial charge in [0.2, 0.25) is 5.91 Å². The van der Waals surface area contributed by atoms with Crippen LogP contribution >= 0.6 is 0 Å². The molecule has 1 aromatic carbocycles. The topological polar surface area (TPSA) is 69.6 Å². The van der Waals surface area contributed by atoms with Gasteiger partial charge < -0.3 is 15.3 Å². The first kappa shape index (κ1) is 16.0. The number of aliphatic hydroxyl groups is 1. The summed E-state index contributed by atoms with van der Waals surface area (Å²) in [5, 5.41) is 12.9. The van der Waals surface area contributed by atoms with Gasteiger partial charge in [-0.25, -0.2) is 0 Å². The van der Waals surface area contributed by atoms with Gasteiger partial charge in [-0.15, -0.1) is 0 Å². The Kier molecular flexibility index (Phi) is 4.66. The Morgan fingerprint density at radius 2 is 1.96 bits per heavy atom. The van der Waals surface area contributed by atoms with Crippen molar-refractivity contribution in [2.75, 3.05) is 19.6 Å². The van der Waals surface area contributed by atoms with Crippen LogP contribution in [0.25, 0.3) is 0 Å². The summed E-state index contributed by atoms with van der Waals surface area (Å²) in [6.07, 6.45) is 4.17. The summed E-state index contributed by atoms with van der Waals surface area (Å²) in [4.78, 5) is 26.6. The number of carbonyl (C=O) groups is 2. The molecule has 1 saturated heterocycles. The smallest absolute Gasteiger partial charge is 0.253 e. The molecule has 2 amide bonds. The van der Waals surface area contributed by atoms with Crippen molar-refractivity contribution >= 4 is 11.8 Å². The number of rotatable bonds is 4. The number of hydrogen-bond acceptors (Lipinski definition) is 3. The lowest BCUT2D eigenvalue weighted by Crippen LogP contribution is -2.51. The van der Waals surface area contributed by atoms with Crippen LogP contribution in [-0.4, -0.2) is 47.1 Å². The molecule has 2 fully saturated rings. The molecule has 2 N–H and O–H groups in total. The third-order valence-electron chi connectivity index (χ3n) is 4.98. The van der Waals surface area contributed by atoms with Crippen molar-refractivity contribution in [1.82, 2.24) is 10.2 Å². The average molecular weight is 316 g/mol. The molecule has 3 rings (SSSR count). The van der Waals surface area contributed by atoms with Gasteiger partial charge in [-0.3, -0.25) is 9.59 Å². The lowest BCUT2D eigenvalue weighted by Gasteiger charge is -2.37. The molecule has 1 aliphatic carbocycles. The van der Waals surface area contributed by atoms with Crippen LogP contribution in [0.5, 0.6) is 0 Å². The predicted molar refractivity (Wildman–Crippen MR) is 86.9 cm³/mol. The second-order valence-corrected chi connectivity index (χ2v) is 6.75. The molecule has 5 nitrogen and oxygen atoms in total. The summed E-state index contributed by atoms with van der Waals surface area (Å²) in [5.41, 5.74) is -0.0403. The second kappa shape index (κ2) is 6.71. The number of benzene rings is 1. The number of hydrogen-bond donors (Lipinski definition) is 2. The van der Waals surface area contributed by atoms with Gasteiger partial charge in [0, 0.05) is 25.2 Å². The molecular weight excluding hydrogens is 292 g/mol. The first-order chi connectivity index (χ1) is 11.1. The normalized spacial score (nSPS) is 23.0. The first-order valence-electron chi connectivity index (χ1n) is 8.42. The Morgan fingerprint density at radius 3 is 2.61 bits per heavy atom. The maximum Gasteiger partial charge on any atom is 0.253 e. The van der Waals surface area contributed by atoms with Crippen LogP contribution in [-0.2, 0) is 4.79 Å². The standard InChI is InChI=1S/C18H24N2O3/c21-16(19-13-18(23)9-5-10-18)15-8-4-11-20(12-15)17(22)14-6-2-1-3-7-14/h1-3,6-7,15,23H,4-5,8-13H2,(H,19,21). The van der Waals surface area contributed by atoms with E-state index in [2.05, 4.69) is 5.32 Å². The summed E-state index contributed by atoms with van der Waals surface area (Å²) in [6, 6.07) is 9.19. The van der Waals surface area contributed by atoms with Gasteiger partial charge in [-0.1, -0.05) is 18.2 Å². The minimum Gasteiger partial charge on any atom is -0.388 e. The van der Waals surface area contributed by atoms with E-state index in [0.29, 0.717) is 25.2 Å². The number of nitrogens with one attached hydrogen (secondary N) is 1. The van der Waals surface area contributed by atoms with Crippen molar-refractivity contribution < 1.29 is 14.7 Å². The van der Waals surface area contributed by atoms with Crippen LogP contribution in [0.15, 0.2) is 30.3 Å². The van der Waals surface area contributed by atoms with Crippen LogP contribution < -0.4 is 5.32 Å². The van der Waals surface area contributed by atoms with Crippen molar-refractivity contribution in [1.29, 1.82) is 0 Å². The lowest BCUT2D eigenvalue weighted by molar-refractivity contribution is -0.128. The molecule has 0 aromatic heterocycles. The van der Waals surface area contributed by atoms with Crippen LogP contribution in [0.2, 0.25) is 0 Å². The Bertz CT molecular complexity index is 569. The zero-order chi connectivity index (χ0) is 16.3. The minimum atomic E-state index is -0.704. The number of nitrogens with zero attached hydrogens (tertiary/aromatic N) is 1. The summed E-state index contributed by atoms with van der Waals surface area (Å²) in [6.45, 7) is 1.48. The van der Waals surface area contributed by atoms with Crippen molar-refractivity contribution in [3.05, 3.63) is 35.9 Å². The highest BCUT2D eigenvalue weighted by Gasteiger charge is 2.36. The van der Waals surface area contributed by atoms with E-state index in [4.69, 9.17) is 0 Å². The summed E-state index contributed by atoms with van der Waals surface area (Å²) < 4.78 is 0. The molecule has 1 atom stereocenters. The highest BCUT2D eigenvalue weighted by Crippen LogP contribution is 2.30. The van der Waals surface area contributed by atoms with Gasteiger partial charge >= 0.3 is 0 Å². The molecule has 1 saturated carbocycles. The second-order valence-electron chi connectivity index (χ2n) is 6.75. The van der Waals surface area contributed by atoms with Gasteiger partial charge in [0.15, 0.2) is 0 Å². The van der Waals surface area contributed by atoms with Gasteiger partial charge in [0.05, 0.1) is 11.5 Å². The summed E-state index contributed by atoms with van der Waals surface area (Å²) in [5.74, 6) is -0.239. The third kappa shape index (κ3) is 3.72. The maximum absolute atomic E-state index is 12.5. The number of piperidine rings is 1. The molecular formula is C18H24N2O3. The molecule has 124 valence electrons. The lowest BCUT2D eigenvalue weighted by atomic mass is 9.80. The Balaban J connectivity index is 1.55. The van der Waals surface area contributed by atoms with Crippen LogP contribution in [0.4, 0.5) is 0 Å². The van der Waals surface area contributed by atoms with Gasteiger partial charge in [0.1, 0.15) is 0 Å². The van der Waals surface area contributed by atoms with Gasteiger partial charge in [-0.05, 0) is 44.2 Å². The van der Waals surface area contributed by atoms with E-state index in [-0.39, 0.29) is 17.7 Å². The highest BCUT2D eigenvalue weighted by atomic mass is 16.3. The van der Waals surface area contributed by atoms with Crippen molar-refractivity contribution in [3.8, 4) is 0 Å². The van der Waals surface area contributed by atoms with E-state index in [0.717, 1.165) is 32.1 Å². The Hall–Kier alpha value is -1.88. The first-order valence-corrected chi connectivity index (χ1v) is 8.42. The van der Waals surface area contributed by atoms with E-state index >= 15 is 0 Å². The molecule has 5 heteroatoms. The van der Waals surface area contributed by atoms with E-state index in [1.165, 1.54) is 0 Å². The number of likely N-dealkylation sites (tertiary alicyclic amines) is 1. The molecule has 1 aliphatic heterocycles. The monoisotopic (exact) mass is 316 g/mol. The SMILES string of the molecule is O=C(NCC1(O)CCC1)C1CCCN(C(=O)c2ccccc2)C1. The maximum atomic E-state index is 12.5. The fourth-order valence-electron chi connectivity index (χ4n) is 3.30. The van der Waals surface area contributed by atoms with E-state index < -0.39 is 5.60 Å². The van der Waals surface area contributed by atoms with Crippen molar-refractivity contribution in [3.63, 3.8) is 0 Å². The number of amides is 2. The fourth-order valence-corrected chi connectivity index (χ4v) is 3.30. The highest BCUT2D eigenvalue weighted by molar-refractivity contribution is 5.94. The fraction of sp³-hybridized carbons (Fsp3) is 0.556. The molecule has 1 aromatic rings. The summed E-state index contributed by atoms with van der Waals surface area (Å²) >= 11 is 0. The van der Waals surface area contributed by atoms with Crippen LogP contribution in [0.3, 0.4) is 0 Å². The summed E-state index contributed by atoms with van der Waals surface area (Å²) in [7, 11) is 0. The van der Waals surface area contributed by atoms with E-state index in [1.807, 2.05) is 18.2 Å². The molecule has 1 heterocycles. The molecule has 0 bridgehead atoms. The molecule has 2 aliphatic rings. The molecule has 1 unspecified atom stereocenters. The zero-order valence-electron chi connectivity index (χ0n) is 13.3. The largest absolute Gasteiger partial charge is 0.388 e. The van der Waals surface area contributed by atoms with Gasteiger partial charge in [-0.2, -0.15) is 0 Å². The predicted octanol–water partition coefficient (Wildman–Crippen LogP) is 1.57. The van der Waals surface area contributed by atoms with Crippen LogP contribution in [0, 0.1) is 5.92 Å². The Labute approximate surface area is 136 Å². The zero-order valence-corrected chi connectivity index (χ0v) is 13.3. The third-order valence-corrected chi connectivity index (χ3v) is 4.98. The molecule has 23 heavy (non-hydrogen) atoms. The number of carbonyl (C=O) groups excluding carboxylic acids is 2. The van der Waals surface area contributed by atoms with Crippen molar-refractivity contribution in [2.24, 2.45) is 5.92 Å². The quantitative estimate of drug-likeness (QED) is 0.886. The van der Waals surface area contributed by atoms with E-state index in [1.54, 1.807) is 17.0 Å². The van der Waals surface area contributed by atoms with Crippen LogP contribution in [0.1, 0.15) is 42.5 Å². The van der Waals surface area contributed by atoms with E-state index in [9.17, 15) is 14.7 Å². The Morgan fingerprint density at radius 1 is 1.22 bits per heavy atom. The van der Waals surface area contributed by atoms with Gasteiger partial charge in [0.25, 0.3) is 5.91 Å². The minimum absolute atomic E-state index is 0.0132. The molecule has 0 radical (unpaired) electrons. The molecule has 0 spiro atoms. The van der Waals surface area contributed by atoms with Crippen molar-refractivity contribution in [2.45, 2.75) is 37.7 Å².